The highest BCUT2D eigenvalue weighted by atomic mass is 19.3. The second-order valence-corrected chi connectivity index (χ2v) is 4.65. The van der Waals surface area contributed by atoms with Gasteiger partial charge in [0.05, 0.1) is 11.0 Å². The van der Waals surface area contributed by atoms with Crippen molar-refractivity contribution < 1.29 is 22.7 Å². The first-order valence-corrected chi connectivity index (χ1v) is 6.54. The van der Waals surface area contributed by atoms with E-state index in [9.17, 15) is 13.6 Å². The summed E-state index contributed by atoms with van der Waals surface area (Å²) >= 11 is 0. The average molecular weight is 306 g/mol. The van der Waals surface area contributed by atoms with Crippen molar-refractivity contribution in [1.82, 2.24) is 9.55 Å². The van der Waals surface area contributed by atoms with Crippen molar-refractivity contribution in [2.24, 2.45) is 0 Å². The van der Waals surface area contributed by atoms with E-state index in [1.165, 1.54) is 12.1 Å². The molecular formula is C15H12F2N2O3. The van der Waals surface area contributed by atoms with Crippen molar-refractivity contribution in [2.45, 2.75) is 20.1 Å². The lowest BCUT2D eigenvalue weighted by atomic mass is 10.3. The van der Waals surface area contributed by atoms with Gasteiger partial charge in [-0.1, -0.05) is 12.1 Å². The third kappa shape index (κ3) is 2.57. The Morgan fingerprint density at radius 3 is 2.77 bits per heavy atom. The Morgan fingerprint density at radius 2 is 2.09 bits per heavy atom. The summed E-state index contributed by atoms with van der Waals surface area (Å²) in [5.74, 6) is -0.155. The molecule has 1 aromatic carbocycles. The summed E-state index contributed by atoms with van der Waals surface area (Å²) in [7, 11) is 0. The molecule has 22 heavy (non-hydrogen) atoms. The molecule has 3 aromatic rings. The second kappa shape index (κ2) is 5.59. The zero-order chi connectivity index (χ0) is 15.7. The summed E-state index contributed by atoms with van der Waals surface area (Å²) in [5, 5.41) is 0. The van der Waals surface area contributed by atoms with Crippen LogP contribution in [0.2, 0.25) is 0 Å². The number of imidazole rings is 1. The molecule has 7 heteroatoms. The fraction of sp³-hybridized carbons (Fsp3) is 0.200. The summed E-state index contributed by atoms with van der Waals surface area (Å²) in [6.45, 7) is -1.45. The fourth-order valence-electron chi connectivity index (χ4n) is 2.16. The van der Waals surface area contributed by atoms with E-state index in [1.807, 2.05) is 0 Å². The number of furan rings is 1. The number of ether oxygens (including phenoxy) is 1. The van der Waals surface area contributed by atoms with Crippen molar-refractivity contribution in [2.75, 3.05) is 0 Å². The molecule has 0 unspecified atom stereocenters. The number of rotatable bonds is 4. The molecule has 114 valence electrons. The van der Waals surface area contributed by atoms with Crippen LogP contribution in [-0.2, 0) is 11.3 Å². The number of aromatic nitrogens is 2. The van der Waals surface area contributed by atoms with Crippen molar-refractivity contribution in [1.29, 1.82) is 0 Å². The van der Waals surface area contributed by atoms with Crippen LogP contribution < -0.4 is 0 Å². The van der Waals surface area contributed by atoms with Crippen LogP contribution in [0.25, 0.3) is 11.0 Å². The SMILES string of the molecule is Cc1ccc(C(=O)OCc2nc3ccccc3n2C(F)F)o1. The van der Waals surface area contributed by atoms with Crippen LogP contribution in [0.15, 0.2) is 40.8 Å². The van der Waals surface area contributed by atoms with E-state index in [-0.39, 0.29) is 23.7 Å². The lowest BCUT2D eigenvalue weighted by Crippen LogP contribution is -2.10. The van der Waals surface area contributed by atoms with Crippen LogP contribution >= 0.6 is 0 Å². The van der Waals surface area contributed by atoms with Crippen LogP contribution in [0.4, 0.5) is 8.78 Å². The summed E-state index contributed by atoms with van der Waals surface area (Å²) < 4.78 is 37.3. The normalized spacial score (nSPS) is 11.3. The molecular weight excluding hydrogens is 294 g/mol. The predicted molar refractivity (Wildman–Crippen MR) is 73.6 cm³/mol. The molecule has 0 N–H and O–H groups in total. The Morgan fingerprint density at radius 1 is 1.32 bits per heavy atom. The monoisotopic (exact) mass is 306 g/mol. The van der Waals surface area contributed by atoms with Gasteiger partial charge in [-0.25, -0.2) is 9.78 Å². The van der Waals surface area contributed by atoms with Gasteiger partial charge in [-0.05, 0) is 31.2 Å². The van der Waals surface area contributed by atoms with Gasteiger partial charge in [-0.15, -0.1) is 0 Å². The second-order valence-electron chi connectivity index (χ2n) is 4.65. The standard InChI is InChI=1S/C15H12F2N2O3/c1-9-6-7-12(22-9)14(20)21-8-13-18-10-4-2-3-5-11(10)19(13)15(16)17/h2-7,15H,8H2,1H3. The minimum Gasteiger partial charge on any atom is -0.454 e. The van der Waals surface area contributed by atoms with E-state index >= 15 is 0 Å². The van der Waals surface area contributed by atoms with Crippen molar-refractivity contribution >= 4 is 17.0 Å². The third-order valence-corrected chi connectivity index (χ3v) is 3.14. The molecule has 0 atom stereocenters. The molecule has 0 fully saturated rings. The van der Waals surface area contributed by atoms with Gasteiger partial charge >= 0.3 is 12.5 Å². The van der Waals surface area contributed by atoms with Crippen LogP contribution in [-0.4, -0.2) is 15.5 Å². The molecule has 0 radical (unpaired) electrons. The minimum atomic E-state index is -2.77. The number of esters is 1. The van der Waals surface area contributed by atoms with Crippen LogP contribution in [0.3, 0.4) is 0 Å². The van der Waals surface area contributed by atoms with Crippen molar-refractivity contribution in [3.8, 4) is 0 Å². The van der Waals surface area contributed by atoms with Crippen molar-refractivity contribution in [3.63, 3.8) is 0 Å². The molecule has 0 spiro atoms. The van der Waals surface area contributed by atoms with E-state index in [0.717, 1.165) is 4.57 Å². The number of aryl methyl sites for hydroxylation is 1. The zero-order valence-electron chi connectivity index (χ0n) is 11.6. The van der Waals surface area contributed by atoms with Gasteiger partial charge < -0.3 is 9.15 Å². The van der Waals surface area contributed by atoms with Gasteiger partial charge in [0, 0.05) is 0 Å². The fourth-order valence-corrected chi connectivity index (χ4v) is 2.16. The van der Waals surface area contributed by atoms with E-state index in [4.69, 9.17) is 9.15 Å². The van der Waals surface area contributed by atoms with Crippen LogP contribution in [0.1, 0.15) is 28.7 Å². The number of nitrogens with zero attached hydrogens (tertiary/aromatic N) is 2. The number of halogens is 2. The van der Waals surface area contributed by atoms with E-state index in [1.54, 1.807) is 31.2 Å². The maximum atomic E-state index is 13.2. The van der Waals surface area contributed by atoms with Crippen molar-refractivity contribution in [3.05, 3.63) is 53.7 Å². The van der Waals surface area contributed by atoms with Gasteiger partial charge in [0.1, 0.15) is 12.4 Å². The predicted octanol–water partition coefficient (Wildman–Crippen LogP) is 3.69. The molecule has 2 aromatic heterocycles. The number of benzene rings is 1. The largest absolute Gasteiger partial charge is 0.454 e. The summed E-state index contributed by atoms with van der Waals surface area (Å²) in [4.78, 5) is 15.9. The maximum Gasteiger partial charge on any atom is 0.374 e. The number of hydrogen-bond acceptors (Lipinski definition) is 4. The minimum absolute atomic E-state index is 0.0205. The average Bonchev–Trinajstić information content (AvgIpc) is 3.07. The number of para-hydroxylation sites is 2. The van der Waals surface area contributed by atoms with Gasteiger partial charge in [0.25, 0.3) is 0 Å². The number of hydrogen-bond donors (Lipinski definition) is 0. The third-order valence-electron chi connectivity index (χ3n) is 3.14. The van der Waals surface area contributed by atoms with E-state index < -0.39 is 12.5 Å². The number of fused-ring (bicyclic) bond motifs is 1. The Hall–Kier alpha value is -2.70. The quantitative estimate of drug-likeness (QED) is 0.690. The molecule has 0 saturated carbocycles. The summed E-state index contributed by atoms with van der Waals surface area (Å²) in [5.41, 5.74) is 0.708. The molecule has 0 aliphatic rings. The highest BCUT2D eigenvalue weighted by molar-refractivity contribution is 5.86. The Labute approximate surface area is 124 Å². The number of carbonyl (C=O) groups is 1. The molecule has 0 aliphatic carbocycles. The van der Waals surface area contributed by atoms with Gasteiger partial charge in [0.15, 0.2) is 5.82 Å². The maximum absolute atomic E-state index is 13.2. The Balaban J connectivity index is 1.84. The van der Waals surface area contributed by atoms with Gasteiger partial charge in [0.2, 0.25) is 5.76 Å². The molecule has 0 aliphatic heterocycles. The lowest BCUT2D eigenvalue weighted by molar-refractivity contribution is 0.0357. The van der Waals surface area contributed by atoms with E-state index in [2.05, 4.69) is 4.98 Å². The highest BCUT2D eigenvalue weighted by Crippen LogP contribution is 2.23. The Bertz CT molecular complexity index is 823. The summed E-state index contributed by atoms with van der Waals surface area (Å²) in [6.07, 6.45) is 0. The lowest BCUT2D eigenvalue weighted by Gasteiger charge is -2.07. The smallest absolute Gasteiger partial charge is 0.374 e. The molecule has 0 bridgehead atoms. The first-order chi connectivity index (χ1) is 10.6. The van der Waals surface area contributed by atoms with Crippen LogP contribution in [0, 0.1) is 6.92 Å². The molecule has 0 saturated heterocycles. The highest BCUT2D eigenvalue weighted by Gasteiger charge is 2.19. The molecule has 5 nitrogen and oxygen atoms in total. The molecule has 3 rings (SSSR count). The van der Waals surface area contributed by atoms with Crippen LogP contribution in [0.5, 0.6) is 0 Å². The van der Waals surface area contributed by atoms with Gasteiger partial charge in [-0.3, -0.25) is 4.57 Å². The topological polar surface area (TPSA) is 57.3 Å². The zero-order valence-corrected chi connectivity index (χ0v) is 11.6. The Kier molecular flexibility index (Phi) is 3.62. The molecule has 0 amide bonds. The molecule has 2 heterocycles. The van der Waals surface area contributed by atoms with Gasteiger partial charge in [-0.2, -0.15) is 8.78 Å². The first kappa shape index (κ1) is 14.2. The number of carbonyl (C=O) groups excluding carboxylic acids is 1. The summed E-state index contributed by atoms with van der Waals surface area (Å²) in [6, 6.07) is 9.58. The first-order valence-electron chi connectivity index (χ1n) is 6.54. The number of alkyl halides is 2. The van der Waals surface area contributed by atoms with E-state index in [0.29, 0.717) is 11.3 Å².